The van der Waals surface area contributed by atoms with E-state index in [2.05, 4.69) is 43.4 Å². The van der Waals surface area contributed by atoms with Crippen molar-refractivity contribution in [3.05, 3.63) is 29.8 Å². The maximum atomic E-state index is 5.20. The number of benzene rings is 1. The van der Waals surface area contributed by atoms with Crippen molar-refractivity contribution in [2.45, 2.75) is 39.2 Å². The summed E-state index contributed by atoms with van der Waals surface area (Å²) in [6.45, 7) is 5.15. The quantitative estimate of drug-likeness (QED) is 0.761. The van der Waals surface area contributed by atoms with Crippen LogP contribution in [0.15, 0.2) is 24.3 Å². The summed E-state index contributed by atoms with van der Waals surface area (Å²) in [5, 5.41) is 3.56. The first-order valence-corrected chi connectivity index (χ1v) is 6.15. The lowest BCUT2D eigenvalue weighted by molar-refractivity contribution is 0.184. The third-order valence-electron chi connectivity index (χ3n) is 2.76. The van der Waals surface area contributed by atoms with Crippen LogP contribution in [-0.2, 0) is 11.2 Å². The Morgan fingerprint density at radius 2 is 2.00 bits per heavy atom. The Morgan fingerprint density at radius 1 is 1.25 bits per heavy atom. The van der Waals surface area contributed by atoms with Gasteiger partial charge in [0, 0.05) is 18.8 Å². The number of anilines is 1. The van der Waals surface area contributed by atoms with Gasteiger partial charge >= 0.3 is 0 Å². The van der Waals surface area contributed by atoms with Crippen LogP contribution >= 0.6 is 0 Å². The molecule has 0 radical (unpaired) electrons. The molecule has 1 N–H and O–H groups in total. The molecule has 0 saturated heterocycles. The van der Waals surface area contributed by atoms with E-state index in [4.69, 9.17) is 4.74 Å². The fraction of sp³-hybridized carbons (Fsp3) is 0.571. The first kappa shape index (κ1) is 13.0. The van der Waals surface area contributed by atoms with E-state index in [1.54, 1.807) is 7.11 Å². The van der Waals surface area contributed by atoms with Crippen molar-refractivity contribution in [1.29, 1.82) is 0 Å². The van der Waals surface area contributed by atoms with Gasteiger partial charge < -0.3 is 10.1 Å². The average Bonchev–Trinajstić information content (AvgIpc) is 2.31. The van der Waals surface area contributed by atoms with E-state index >= 15 is 0 Å². The molecule has 0 aliphatic rings. The molecule has 0 saturated carbocycles. The molecule has 0 aromatic heterocycles. The van der Waals surface area contributed by atoms with Gasteiger partial charge in [-0.25, -0.2) is 0 Å². The Balaban J connectivity index is 2.70. The third kappa shape index (κ3) is 3.86. The average molecular weight is 221 g/mol. The van der Waals surface area contributed by atoms with Gasteiger partial charge in [0.1, 0.15) is 0 Å². The van der Waals surface area contributed by atoms with Crippen LogP contribution in [0.5, 0.6) is 0 Å². The fourth-order valence-electron chi connectivity index (χ4n) is 1.83. The smallest absolute Gasteiger partial charge is 0.0663 e. The molecule has 1 rings (SSSR count). The van der Waals surface area contributed by atoms with Gasteiger partial charge in [0.25, 0.3) is 0 Å². The normalized spacial score (nSPS) is 12.4. The van der Waals surface area contributed by atoms with Crippen LogP contribution in [0.25, 0.3) is 0 Å². The van der Waals surface area contributed by atoms with Gasteiger partial charge in [0.05, 0.1) is 6.61 Å². The molecule has 2 heteroatoms. The second-order valence-corrected chi connectivity index (χ2v) is 4.11. The van der Waals surface area contributed by atoms with Crippen molar-refractivity contribution in [3.8, 4) is 0 Å². The molecule has 0 bridgehead atoms. The molecule has 0 heterocycles. The van der Waals surface area contributed by atoms with E-state index in [0.29, 0.717) is 6.04 Å². The zero-order chi connectivity index (χ0) is 11.8. The number of methoxy groups -OCH3 is 1. The van der Waals surface area contributed by atoms with E-state index in [1.807, 2.05) is 0 Å². The summed E-state index contributed by atoms with van der Waals surface area (Å²) in [7, 11) is 1.75. The standard InChI is InChI=1S/C14H23NO/c1-4-8-12-9-6-7-10-14(12)15-13(5-2)11-16-3/h6-7,9-10,13,15H,4-5,8,11H2,1-3H3. The first-order chi connectivity index (χ1) is 7.81. The van der Waals surface area contributed by atoms with Crippen molar-refractivity contribution in [2.75, 3.05) is 19.0 Å². The molecule has 1 unspecified atom stereocenters. The summed E-state index contributed by atoms with van der Waals surface area (Å²) in [5.74, 6) is 0. The maximum Gasteiger partial charge on any atom is 0.0663 e. The summed E-state index contributed by atoms with van der Waals surface area (Å²) in [4.78, 5) is 0. The molecule has 0 spiro atoms. The minimum Gasteiger partial charge on any atom is -0.383 e. The minimum absolute atomic E-state index is 0.406. The van der Waals surface area contributed by atoms with Gasteiger partial charge in [-0.15, -0.1) is 0 Å². The Kier molecular flexibility index (Phi) is 5.94. The highest BCUT2D eigenvalue weighted by molar-refractivity contribution is 5.51. The van der Waals surface area contributed by atoms with Crippen LogP contribution in [0, 0.1) is 0 Å². The zero-order valence-electron chi connectivity index (χ0n) is 10.6. The Labute approximate surface area is 99.0 Å². The summed E-state index contributed by atoms with van der Waals surface area (Å²) in [6, 6.07) is 8.95. The minimum atomic E-state index is 0.406. The summed E-state index contributed by atoms with van der Waals surface area (Å²) >= 11 is 0. The number of nitrogens with one attached hydrogen (secondary N) is 1. The van der Waals surface area contributed by atoms with Gasteiger partial charge in [-0.1, -0.05) is 38.5 Å². The Morgan fingerprint density at radius 3 is 2.62 bits per heavy atom. The zero-order valence-corrected chi connectivity index (χ0v) is 10.6. The van der Waals surface area contributed by atoms with E-state index in [-0.39, 0.29) is 0 Å². The van der Waals surface area contributed by atoms with Crippen molar-refractivity contribution in [2.24, 2.45) is 0 Å². The predicted octanol–water partition coefficient (Wildman–Crippen LogP) is 3.48. The number of hydrogen-bond donors (Lipinski definition) is 1. The lowest BCUT2D eigenvalue weighted by Gasteiger charge is -2.19. The van der Waals surface area contributed by atoms with E-state index in [1.165, 1.54) is 17.7 Å². The molecule has 0 aliphatic heterocycles. The number of hydrogen-bond acceptors (Lipinski definition) is 2. The highest BCUT2D eigenvalue weighted by Gasteiger charge is 2.07. The van der Waals surface area contributed by atoms with E-state index in [0.717, 1.165) is 19.4 Å². The fourth-order valence-corrected chi connectivity index (χ4v) is 1.83. The molecular formula is C14H23NO. The molecule has 0 fully saturated rings. The van der Waals surface area contributed by atoms with E-state index < -0.39 is 0 Å². The molecule has 1 atom stereocenters. The summed E-state index contributed by atoms with van der Waals surface area (Å²) in [6.07, 6.45) is 3.39. The van der Waals surface area contributed by atoms with Crippen LogP contribution in [0.2, 0.25) is 0 Å². The van der Waals surface area contributed by atoms with E-state index in [9.17, 15) is 0 Å². The molecule has 1 aromatic carbocycles. The number of rotatable bonds is 7. The van der Waals surface area contributed by atoms with Crippen LogP contribution in [0.4, 0.5) is 5.69 Å². The monoisotopic (exact) mass is 221 g/mol. The lowest BCUT2D eigenvalue weighted by Crippen LogP contribution is -2.24. The van der Waals surface area contributed by atoms with Gasteiger partial charge in [-0.3, -0.25) is 0 Å². The molecule has 0 aliphatic carbocycles. The number of ether oxygens (including phenoxy) is 1. The molecule has 2 nitrogen and oxygen atoms in total. The van der Waals surface area contributed by atoms with Crippen LogP contribution < -0.4 is 5.32 Å². The Bertz CT molecular complexity index is 299. The molecule has 90 valence electrons. The first-order valence-electron chi connectivity index (χ1n) is 6.15. The lowest BCUT2D eigenvalue weighted by atomic mass is 10.1. The van der Waals surface area contributed by atoms with Crippen molar-refractivity contribution < 1.29 is 4.74 Å². The highest BCUT2D eigenvalue weighted by atomic mass is 16.5. The van der Waals surface area contributed by atoms with Crippen LogP contribution in [-0.4, -0.2) is 19.8 Å². The van der Waals surface area contributed by atoms with Gasteiger partial charge in [0.2, 0.25) is 0 Å². The summed E-state index contributed by atoms with van der Waals surface area (Å²) < 4.78 is 5.20. The predicted molar refractivity (Wildman–Crippen MR) is 70.0 cm³/mol. The second kappa shape index (κ2) is 7.29. The van der Waals surface area contributed by atoms with Crippen molar-refractivity contribution in [3.63, 3.8) is 0 Å². The highest BCUT2D eigenvalue weighted by Crippen LogP contribution is 2.18. The van der Waals surface area contributed by atoms with Crippen molar-refractivity contribution in [1.82, 2.24) is 0 Å². The second-order valence-electron chi connectivity index (χ2n) is 4.11. The number of aryl methyl sites for hydroxylation is 1. The van der Waals surface area contributed by atoms with Gasteiger partial charge in [-0.05, 0) is 24.5 Å². The van der Waals surface area contributed by atoms with Gasteiger partial charge in [-0.2, -0.15) is 0 Å². The molecular weight excluding hydrogens is 198 g/mol. The molecule has 0 amide bonds. The SMILES string of the molecule is CCCc1ccccc1NC(CC)COC. The van der Waals surface area contributed by atoms with Crippen LogP contribution in [0.3, 0.4) is 0 Å². The molecule has 1 aromatic rings. The number of para-hydroxylation sites is 1. The van der Waals surface area contributed by atoms with Gasteiger partial charge in [0.15, 0.2) is 0 Å². The van der Waals surface area contributed by atoms with Crippen LogP contribution in [0.1, 0.15) is 32.3 Å². The van der Waals surface area contributed by atoms with Crippen molar-refractivity contribution >= 4 is 5.69 Å². The Hall–Kier alpha value is -1.02. The largest absolute Gasteiger partial charge is 0.383 e. The maximum absolute atomic E-state index is 5.20. The molecule has 16 heavy (non-hydrogen) atoms. The topological polar surface area (TPSA) is 21.3 Å². The summed E-state index contributed by atoms with van der Waals surface area (Å²) in [5.41, 5.74) is 2.66. The third-order valence-corrected chi connectivity index (χ3v) is 2.76.